The third-order valence-corrected chi connectivity index (χ3v) is 3.64. The predicted octanol–water partition coefficient (Wildman–Crippen LogP) is 2.62. The summed E-state index contributed by atoms with van der Waals surface area (Å²) < 4.78 is 5.42. The minimum atomic E-state index is -0.420. The van der Waals surface area contributed by atoms with Gasteiger partial charge in [0.15, 0.2) is 0 Å². The normalized spacial score (nSPS) is 26.9. The third-order valence-electron chi connectivity index (χ3n) is 3.64. The van der Waals surface area contributed by atoms with Crippen molar-refractivity contribution in [3.63, 3.8) is 0 Å². The fraction of sp³-hybridized carbons (Fsp3) is 0.929. The first-order valence-corrected chi connectivity index (χ1v) is 6.98. The maximum absolute atomic E-state index is 12.0. The lowest BCUT2D eigenvalue weighted by Crippen LogP contribution is -2.49. The van der Waals surface area contributed by atoms with E-state index in [-0.39, 0.29) is 12.1 Å². The molecule has 1 rings (SSSR count). The van der Waals surface area contributed by atoms with Crippen molar-refractivity contribution in [2.45, 2.75) is 59.1 Å². The van der Waals surface area contributed by atoms with Gasteiger partial charge in [0.1, 0.15) is 5.60 Å². The first kappa shape index (κ1) is 15.3. The van der Waals surface area contributed by atoms with Gasteiger partial charge in [0.2, 0.25) is 0 Å². The molecule has 1 aliphatic rings. The summed E-state index contributed by atoms with van der Waals surface area (Å²) >= 11 is 0. The van der Waals surface area contributed by atoms with E-state index in [1.165, 1.54) is 0 Å². The van der Waals surface area contributed by atoms with Gasteiger partial charge in [-0.2, -0.15) is 0 Å². The van der Waals surface area contributed by atoms with Crippen LogP contribution in [0.3, 0.4) is 0 Å². The van der Waals surface area contributed by atoms with Crippen LogP contribution >= 0.6 is 0 Å². The molecule has 0 aromatic heterocycles. The van der Waals surface area contributed by atoms with E-state index in [4.69, 9.17) is 10.5 Å². The fourth-order valence-electron chi connectivity index (χ4n) is 2.67. The monoisotopic (exact) mass is 256 g/mol. The van der Waals surface area contributed by atoms with Gasteiger partial charge in [0.25, 0.3) is 0 Å². The molecule has 1 saturated heterocycles. The molecule has 0 bridgehead atoms. The maximum atomic E-state index is 12.0. The number of carbonyl (C=O) groups is 1. The molecular weight excluding hydrogens is 228 g/mol. The second-order valence-electron chi connectivity index (χ2n) is 6.41. The number of carbonyl (C=O) groups excluding carboxylic acids is 1. The lowest BCUT2D eigenvalue weighted by Gasteiger charge is -2.40. The molecule has 4 nitrogen and oxygen atoms in total. The molecule has 0 saturated carbocycles. The van der Waals surface area contributed by atoms with Gasteiger partial charge in [-0.1, -0.05) is 13.3 Å². The molecule has 106 valence electrons. The van der Waals surface area contributed by atoms with Crippen molar-refractivity contribution in [3.05, 3.63) is 0 Å². The van der Waals surface area contributed by atoms with E-state index in [0.717, 1.165) is 25.9 Å². The summed E-state index contributed by atoms with van der Waals surface area (Å²) in [6.45, 7) is 11.5. The van der Waals surface area contributed by atoms with Crippen molar-refractivity contribution in [1.29, 1.82) is 0 Å². The lowest BCUT2D eigenvalue weighted by molar-refractivity contribution is 0.00824. The highest BCUT2D eigenvalue weighted by atomic mass is 16.6. The summed E-state index contributed by atoms with van der Waals surface area (Å²) in [5, 5.41) is 0. The van der Waals surface area contributed by atoms with E-state index in [1.54, 1.807) is 0 Å². The minimum Gasteiger partial charge on any atom is -0.444 e. The highest BCUT2D eigenvalue weighted by molar-refractivity contribution is 5.68. The number of amides is 1. The summed E-state index contributed by atoms with van der Waals surface area (Å²) in [5.41, 5.74) is 5.60. The van der Waals surface area contributed by atoms with Crippen LogP contribution in [-0.4, -0.2) is 35.7 Å². The SMILES string of the molecule is CCC1CN(C(=O)OC(C)(C)C)CCC1C(C)N. The van der Waals surface area contributed by atoms with Gasteiger partial charge in [-0.25, -0.2) is 4.79 Å². The lowest BCUT2D eigenvalue weighted by atomic mass is 9.80. The summed E-state index contributed by atoms with van der Waals surface area (Å²) in [4.78, 5) is 13.9. The largest absolute Gasteiger partial charge is 0.444 e. The molecule has 1 fully saturated rings. The predicted molar refractivity (Wildman–Crippen MR) is 73.3 cm³/mol. The smallest absolute Gasteiger partial charge is 0.410 e. The molecule has 0 spiro atoms. The molecule has 1 aliphatic heterocycles. The van der Waals surface area contributed by atoms with Crippen molar-refractivity contribution in [2.75, 3.05) is 13.1 Å². The number of nitrogens with two attached hydrogens (primary N) is 1. The Bertz CT molecular complexity index is 284. The second-order valence-corrected chi connectivity index (χ2v) is 6.41. The first-order valence-electron chi connectivity index (χ1n) is 6.98. The van der Waals surface area contributed by atoms with Crippen LogP contribution in [0.15, 0.2) is 0 Å². The van der Waals surface area contributed by atoms with E-state index in [1.807, 2.05) is 25.7 Å². The van der Waals surface area contributed by atoms with Crippen LogP contribution in [0.1, 0.15) is 47.5 Å². The van der Waals surface area contributed by atoms with Gasteiger partial charge in [-0.15, -0.1) is 0 Å². The highest BCUT2D eigenvalue weighted by Crippen LogP contribution is 2.29. The molecule has 4 heteroatoms. The number of hydrogen-bond donors (Lipinski definition) is 1. The van der Waals surface area contributed by atoms with Crippen LogP contribution in [0.5, 0.6) is 0 Å². The average Bonchev–Trinajstić information content (AvgIpc) is 2.25. The Hall–Kier alpha value is -0.770. The van der Waals surface area contributed by atoms with Crippen LogP contribution < -0.4 is 5.73 Å². The molecule has 2 N–H and O–H groups in total. The zero-order chi connectivity index (χ0) is 13.9. The Morgan fingerprint density at radius 1 is 1.50 bits per heavy atom. The van der Waals surface area contributed by atoms with Gasteiger partial charge in [-0.05, 0) is 46.0 Å². The maximum Gasteiger partial charge on any atom is 0.410 e. The minimum absolute atomic E-state index is 0.191. The van der Waals surface area contributed by atoms with Crippen molar-refractivity contribution < 1.29 is 9.53 Å². The molecule has 0 radical (unpaired) electrons. The van der Waals surface area contributed by atoms with Crippen LogP contribution in [0.25, 0.3) is 0 Å². The number of ether oxygens (including phenoxy) is 1. The van der Waals surface area contributed by atoms with Crippen molar-refractivity contribution in [3.8, 4) is 0 Å². The van der Waals surface area contributed by atoms with E-state index in [2.05, 4.69) is 13.8 Å². The van der Waals surface area contributed by atoms with Crippen LogP contribution in [0.4, 0.5) is 4.79 Å². The van der Waals surface area contributed by atoms with Gasteiger partial charge in [0, 0.05) is 19.1 Å². The standard InChI is InChI=1S/C14H28N2O2/c1-6-11-9-16(8-7-12(11)10(2)15)13(17)18-14(3,4)5/h10-12H,6-9,15H2,1-5H3. The average molecular weight is 256 g/mol. The first-order chi connectivity index (χ1) is 8.24. The van der Waals surface area contributed by atoms with E-state index < -0.39 is 5.60 Å². The van der Waals surface area contributed by atoms with Crippen LogP contribution in [0, 0.1) is 11.8 Å². The van der Waals surface area contributed by atoms with Crippen molar-refractivity contribution in [1.82, 2.24) is 4.90 Å². The summed E-state index contributed by atoms with van der Waals surface area (Å²) in [6, 6.07) is 0.204. The Morgan fingerprint density at radius 2 is 2.11 bits per heavy atom. The molecule has 0 aromatic rings. The fourth-order valence-corrected chi connectivity index (χ4v) is 2.67. The number of rotatable bonds is 2. The van der Waals surface area contributed by atoms with Crippen molar-refractivity contribution in [2.24, 2.45) is 17.6 Å². The number of hydrogen-bond acceptors (Lipinski definition) is 3. The van der Waals surface area contributed by atoms with Crippen LogP contribution in [-0.2, 0) is 4.74 Å². The third kappa shape index (κ3) is 4.16. The molecular formula is C14H28N2O2. The molecule has 3 atom stereocenters. The quantitative estimate of drug-likeness (QED) is 0.826. The number of nitrogens with zero attached hydrogens (tertiary/aromatic N) is 1. The Morgan fingerprint density at radius 3 is 2.56 bits per heavy atom. The molecule has 3 unspecified atom stereocenters. The Labute approximate surface area is 111 Å². The van der Waals surface area contributed by atoms with Gasteiger partial charge >= 0.3 is 6.09 Å². The molecule has 0 aliphatic carbocycles. The second kappa shape index (κ2) is 5.91. The molecule has 18 heavy (non-hydrogen) atoms. The van der Waals surface area contributed by atoms with Gasteiger partial charge in [-0.3, -0.25) is 0 Å². The number of piperidine rings is 1. The summed E-state index contributed by atoms with van der Waals surface area (Å²) in [7, 11) is 0. The van der Waals surface area contributed by atoms with Gasteiger partial charge in [0.05, 0.1) is 0 Å². The molecule has 1 amide bonds. The Balaban J connectivity index is 2.60. The molecule has 0 aromatic carbocycles. The Kier molecular flexibility index (Phi) is 5.02. The van der Waals surface area contributed by atoms with E-state index in [0.29, 0.717) is 11.8 Å². The summed E-state index contributed by atoms with van der Waals surface area (Å²) in [5.74, 6) is 1.01. The zero-order valence-corrected chi connectivity index (χ0v) is 12.4. The van der Waals surface area contributed by atoms with E-state index >= 15 is 0 Å². The zero-order valence-electron chi connectivity index (χ0n) is 12.4. The molecule has 1 heterocycles. The van der Waals surface area contributed by atoms with Gasteiger partial charge < -0.3 is 15.4 Å². The highest BCUT2D eigenvalue weighted by Gasteiger charge is 2.33. The topological polar surface area (TPSA) is 55.6 Å². The van der Waals surface area contributed by atoms with Crippen LogP contribution in [0.2, 0.25) is 0 Å². The van der Waals surface area contributed by atoms with E-state index in [9.17, 15) is 4.79 Å². The van der Waals surface area contributed by atoms with Crippen molar-refractivity contribution >= 4 is 6.09 Å². The number of likely N-dealkylation sites (tertiary alicyclic amines) is 1. The summed E-state index contributed by atoms with van der Waals surface area (Å²) in [6.07, 6.45) is 1.85.